The van der Waals surface area contributed by atoms with Crippen molar-refractivity contribution >= 4 is 11.9 Å². The van der Waals surface area contributed by atoms with Crippen molar-refractivity contribution in [1.29, 1.82) is 0 Å². The maximum Gasteiger partial charge on any atom is 0.300 e. The van der Waals surface area contributed by atoms with Gasteiger partial charge in [0.25, 0.3) is 11.9 Å². The number of hydrogen-bond acceptors (Lipinski definition) is 5. The largest absolute Gasteiger partial charge is 0.481 e. The van der Waals surface area contributed by atoms with Crippen LogP contribution < -0.4 is 5.73 Å². The Bertz CT molecular complexity index is 179. The Morgan fingerprint density at radius 1 is 1.80 bits per heavy atom. The second kappa shape index (κ2) is 4.24. The molecule has 0 saturated carbocycles. The molecule has 4 N–H and O–H groups in total. The first-order chi connectivity index (χ1) is 4.63. The Labute approximate surface area is 56.2 Å². The fourth-order valence-electron chi connectivity index (χ4n) is 0.170. The van der Waals surface area contributed by atoms with Crippen LogP contribution in [0.25, 0.3) is 0 Å². The Hall–Kier alpha value is -1.66. The van der Waals surface area contributed by atoms with Crippen molar-refractivity contribution in [3.8, 4) is 0 Å². The van der Waals surface area contributed by atoms with E-state index in [-0.39, 0.29) is 5.95 Å². The summed E-state index contributed by atoms with van der Waals surface area (Å²) in [5.41, 5.74) is 4.96. The number of carboxylic acid groups (broad SMARTS) is 1. The number of aromatic amines is 1. The number of nitrogens with zero attached hydrogens (tertiary/aromatic N) is 3. The molecule has 7 nitrogen and oxygen atoms in total. The third-order valence-corrected chi connectivity index (χ3v) is 0.362. The summed E-state index contributed by atoms with van der Waals surface area (Å²) in [7, 11) is 0. The van der Waals surface area contributed by atoms with Gasteiger partial charge in [-0.3, -0.25) is 4.79 Å². The third kappa shape index (κ3) is 6.34. The number of aromatic nitrogens is 4. The van der Waals surface area contributed by atoms with Gasteiger partial charge < -0.3 is 10.8 Å². The predicted octanol–water partition coefficient (Wildman–Crippen LogP) is -1.13. The van der Waals surface area contributed by atoms with Crippen LogP contribution in [0.3, 0.4) is 0 Å². The van der Waals surface area contributed by atoms with Crippen molar-refractivity contribution in [2.75, 3.05) is 5.73 Å². The fraction of sp³-hybridized carbons (Fsp3) is 0.333. The van der Waals surface area contributed by atoms with E-state index in [0.29, 0.717) is 0 Å². The number of rotatable bonds is 0. The van der Waals surface area contributed by atoms with Crippen LogP contribution in [0.5, 0.6) is 0 Å². The lowest BCUT2D eigenvalue weighted by atomic mass is 10.9. The first kappa shape index (κ1) is 8.34. The Morgan fingerprint density at radius 3 is 2.40 bits per heavy atom. The molecule has 1 rings (SSSR count). The highest BCUT2D eigenvalue weighted by Crippen LogP contribution is 1.72. The lowest BCUT2D eigenvalue weighted by Crippen LogP contribution is -1.84. The number of aliphatic carboxylic acids is 1. The molecular weight excluding hydrogens is 138 g/mol. The molecule has 0 aliphatic rings. The normalized spacial score (nSPS) is 7.70. The van der Waals surface area contributed by atoms with E-state index in [1.54, 1.807) is 0 Å². The number of nitrogens with one attached hydrogen (secondary N) is 1. The van der Waals surface area contributed by atoms with E-state index in [9.17, 15) is 0 Å². The molecule has 1 aromatic rings. The molecule has 0 bridgehead atoms. The van der Waals surface area contributed by atoms with Gasteiger partial charge in [0.05, 0.1) is 0 Å². The maximum atomic E-state index is 9.00. The van der Waals surface area contributed by atoms with Gasteiger partial charge >= 0.3 is 0 Å². The first-order valence-corrected chi connectivity index (χ1v) is 2.31. The Morgan fingerprint density at radius 2 is 2.30 bits per heavy atom. The van der Waals surface area contributed by atoms with Gasteiger partial charge in [0.2, 0.25) is 0 Å². The molecule has 0 aliphatic heterocycles. The molecule has 0 spiro atoms. The molecule has 0 fully saturated rings. The molecule has 0 unspecified atom stereocenters. The highest BCUT2D eigenvalue weighted by molar-refractivity contribution is 5.62. The quantitative estimate of drug-likeness (QED) is 0.425. The van der Waals surface area contributed by atoms with E-state index < -0.39 is 5.97 Å². The molecule has 1 aromatic heterocycles. The molecule has 0 atom stereocenters. The van der Waals surface area contributed by atoms with E-state index in [1.807, 2.05) is 0 Å². The van der Waals surface area contributed by atoms with Gasteiger partial charge in [0.15, 0.2) is 0 Å². The van der Waals surface area contributed by atoms with Crippen LogP contribution in [0.2, 0.25) is 0 Å². The number of anilines is 1. The average molecular weight is 145 g/mol. The van der Waals surface area contributed by atoms with E-state index in [0.717, 1.165) is 6.92 Å². The monoisotopic (exact) mass is 145 g/mol. The minimum Gasteiger partial charge on any atom is -0.481 e. The number of nitrogen functional groups attached to an aromatic ring is 1. The molecule has 10 heavy (non-hydrogen) atoms. The zero-order valence-corrected chi connectivity index (χ0v) is 5.27. The summed E-state index contributed by atoms with van der Waals surface area (Å²) in [5.74, 6) is -0.657. The molecule has 56 valence electrons. The maximum absolute atomic E-state index is 9.00. The van der Waals surface area contributed by atoms with Gasteiger partial charge in [-0.05, 0) is 5.21 Å². The number of carbonyl (C=O) groups is 1. The van der Waals surface area contributed by atoms with Crippen LogP contribution >= 0.6 is 0 Å². The second-order valence-electron chi connectivity index (χ2n) is 1.29. The van der Waals surface area contributed by atoms with Gasteiger partial charge in [-0.15, -0.1) is 5.10 Å². The molecule has 1 heterocycles. The molecule has 0 aromatic carbocycles. The van der Waals surface area contributed by atoms with E-state index in [4.69, 9.17) is 15.6 Å². The van der Waals surface area contributed by atoms with Gasteiger partial charge in [0.1, 0.15) is 0 Å². The zero-order valence-electron chi connectivity index (χ0n) is 5.27. The van der Waals surface area contributed by atoms with Crippen LogP contribution in [0, 0.1) is 0 Å². The predicted molar refractivity (Wildman–Crippen MR) is 31.9 cm³/mol. The fourth-order valence-corrected chi connectivity index (χ4v) is 0.170. The Balaban J connectivity index is 0.000000180. The van der Waals surface area contributed by atoms with Gasteiger partial charge in [-0.1, -0.05) is 5.10 Å². The van der Waals surface area contributed by atoms with Crippen LogP contribution in [-0.4, -0.2) is 31.7 Å². The average Bonchev–Trinajstić information content (AvgIpc) is 2.15. The molecule has 0 saturated heterocycles. The SMILES string of the molecule is CC(=O)O.Nc1nn[nH]n1. The number of carboxylic acids is 1. The number of tetrazole rings is 1. The van der Waals surface area contributed by atoms with Crippen molar-refractivity contribution < 1.29 is 9.90 Å². The first-order valence-electron chi connectivity index (χ1n) is 2.31. The van der Waals surface area contributed by atoms with Crippen molar-refractivity contribution in [2.45, 2.75) is 6.92 Å². The number of nitrogens with two attached hydrogens (primary N) is 1. The molecule has 0 aliphatic carbocycles. The van der Waals surface area contributed by atoms with Crippen molar-refractivity contribution in [2.24, 2.45) is 0 Å². The standard InChI is InChI=1S/C2H4O2.CH3N5/c1-2(3)4;2-1-3-5-6-4-1/h1H3,(H,3,4);(H3,2,3,4,5,6). The topological polar surface area (TPSA) is 118 Å². The molecule has 0 amide bonds. The zero-order chi connectivity index (χ0) is 7.98. The smallest absolute Gasteiger partial charge is 0.300 e. The summed E-state index contributed by atoms with van der Waals surface area (Å²) >= 11 is 0. The second-order valence-corrected chi connectivity index (χ2v) is 1.29. The van der Waals surface area contributed by atoms with Gasteiger partial charge in [-0.2, -0.15) is 5.21 Å². The molecular formula is C3H7N5O2. The summed E-state index contributed by atoms with van der Waals surface area (Å²) in [6, 6.07) is 0. The third-order valence-electron chi connectivity index (χ3n) is 0.362. The summed E-state index contributed by atoms with van der Waals surface area (Å²) in [4.78, 5) is 9.00. The number of H-pyrrole nitrogens is 1. The van der Waals surface area contributed by atoms with Crippen molar-refractivity contribution in [3.63, 3.8) is 0 Å². The highest BCUT2D eigenvalue weighted by Gasteiger charge is 1.78. The summed E-state index contributed by atoms with van der Waals surface area (Å²) < 4.78 is 0. The lowest BCUT2D eigenvalue weighted by Gasteiger charge is -1.62. The van der Waals surface area contributed by atoms with Crippen LogP contribution in [0.4, 0.5) is 5.95 Å². The van der Waals surface area contributed by atoms with Gasteiger partial charge in [-0.25, -0.2) is 0 Å². The van der Waals surface area contributed by atoms with Crippen molar-refractivity contribution in [1.82, 2.24) is 20.6 Å². The molecule has 0 radical (unpaired) electrons. The number of hydrogen-bond donors (Lipinski definition) is 3. The summed E-state index contributed by atoms with van der Waals surface area (Å²) in [6.07, 6.45) is 0. The molecule has 7 heteroatoms. The van der Waals surface area contributed by atoms with E-state index in [2.05, 4.69) is 20.6 Å². The Kier molecular flexibility index (Phi) is 3.54. The van der Waals surface area contributed by atoms with E-state index >= 15 is 0 Å². The van der Waals surface area contributed by atoms with Crippen molar-refractivity contribution in [3.05, 3.63) is 0 Å². The summed E-state index contributed by atoms with van der Waals surface area (Å²) in [6.45, 7) is 1.08. The van der Waals surface area contributed by atoms with E-state index in [1.165, 1.54) is 0 Å². The highest BCUT2D eigenvalue weighted by atomic mass is 16.4. The van der Waals surface area contributed by atoms with Gasteiger partial charge in [0, 0.05) is 6.92 Å². The lowest BCUT2D eigenvalue weighted by molar-refractivity contribution is -0.134. The minimum atomic E-state index is -0.833. The van der Waals surface area contributed by atoms with Crippen LogP contribution in [0.1, 0.15) is 6.92 Å². The van der Waals surface area contributed by atoms with Crippen LogP contribution in [0.15, 0.2) is 0 Å². The summed E-state index contributed by atoms with van der Waals surface area (Å²) in [5, 5.41) is 19.4. The minimum absolute atomic E-state index is 0.176. The van der Waals surface area contributed by atoms with Crippen LogP contribution in [-0.2, 0) is 4.79 Å².